The fourth-order valence-corrected chi connectivity index (χ4v) is 1.85. The van der Waals surface area contributed by atoms with Gasteiger partial charge in [0.15, 0.2) is 0 Å². The van der Waals surface area contributed by atoms with Crippen molar-refractivity contribution in [3.05, 3.63) is 35.9 Å². The second-order valence-electron chi connectivity index (χ2n) is 4.69. The van der Waals surface area contributed by atoms with Gasteiger partial charge in [-0.3, -0.25) is 4.79 Å². The van der Waals surface area contributed by atoms with Gasteiger partial charge >= 0.3 is 12.1 Å². The van der Waals surface area contributed by atoms with E-state index < -0.39 is 17.6 Å². The third kappa shape index (κ3) is 3.23. The lowest BCUT2D eigenvalue weighted by molar-refractivity contribution is -0.140. The third-order valence-corrected chi connectivity index (χ3v) is 3.26. The summed E-state index contributed by atoms with van der Waals surface area (Å²) in [4.78, 5) is 22.2. The Balaban J connectivity index is 1.68. The Bertz CT molecular complexity index is 477. The zero-order valence-corrected chi connectivity index (χ0v) is 10.3. The highest BCUT2D eigenvalue weighted by atomic mass is 16.5. The van der Waals surface area contributed by atoms with Gasteiger partial charge in [-0.15, -0.1) is 0 Å². The lowest BCUT2D eigenvalue weighted by Gasteiger charge is -2.08. The van der Waals surface area contributed by atoms with E-state index in [0.29, 0.717) is 6.42 Å². The zero-order valence-electron chi connectivity index (χ0n) is 10.3. The molecule has 6 nitrogen and oxygen atoms in total. The molecule has 0 heterocycles. The maximum atomic E-state index is 11.4. The standard InChI is InChI=1S/C13H16N2O4/c14-13(11(16)17)6-10(13)7-15-12(18)19-8-9-4-2-1-3-5-9/h1-5,10H,6-8,14H2,(H,15,18)(H,16,17)/t10-,13-/m1/s1. The van der Waals surface area contributed by atoms with E-state index in [1.807, 2.05) is 30.3 Å². The number of ether oxygens (including phenoxy) is 1. The molecule has 4 N–H and O–H groups in total. The van der Waals surface area contributed by atoms with Crippen LogP contribution in [0.15, 0.2) is 30.3 Å². The molecule has 0 aromatic heterocycles. The molecule has 1 saturated carbocycles. The van der Waals surface area contributed by atoms with Gasteiger partial charge in [0.1, 0.15) is 12.1 Å². The first-order chi connectivity index (χ1) is 9.02. The minimum absolute atomic E-state index is 0.185. The second-order valence-corrected chi connectivity index (χ2v) is 4.69. The van der Waals surface area contributed by atoms with Crippen LogP contribution in [0, 0.1) is 5.92 Å². The summed E-state index contributed by atoms with van der Waals surface area (Å²) in [5.74, 6) is -1.26. The van der Waals surface area contributed by atoms with Gasteiger partial charge in [0.2, 0.25) is 0 Å². The molecule has 102 valence electrons. The van der Waals surface area contributed by atoms with Gasteiger partial charge in [-0.1, -0.05) is 30.3 Å². The maximum absolute atomic E-state index is 11.4. The molecule has 1 aliphatic rings. The van der Waals surface area contributed by atoms with Crippen molar-refractivity contribution in [3.8, 4) is 0 Å². The molecule has 2 rings (SSSR count). The average Bonchev–Trinajstić information content (AvgIpc) is 3.08. The lowest BCUT2D eigenvalue weighted by Crippen LogP contribution is -2.38. The number of nitrogens with two attached hydrogens (primary N) is 1. The van der Waals surface area contributed by atoms with Crippen LogP contribution in [0.3, 0.4) is 0 Å². The van der Waals surface area contributed by atoms with E-state index in [1.54, 1.807) is 0 Å². The Morgan fingerprint density at radius 1 is 1.42 bits per heavy atom. The highest BCUT2D eigenvalue weighted by Crippen LogP contribution is 2.40. The van der Waals surface area contributed by atoms with Crippen molar-refractivity contribution in [3.63, 3.8) is 0 Å². The Morgan fingerprint density at radius 3 is 2.68 bits per heavy atom. The van der Waals surface area contributed by atoms with Crippen molar-refractivity contribution >= 4 is 12.1 Å². The molecule has 0 aliphatic heterocycles. The van der Waals surface area contributed by atoms with Crippen molar-refractivity contribution in [1.82, 2.24) is 5.32 Å². The number of rotatable bonds is 5. The first-order valence-electron chi connectivity index (χ1n) is 5.99. The van der Waals surface area contributed by atoms with Crippen LogP contribution >= 0.6 is 0 Å². The van der Waals surface area contributed by atoms with E-state index in [-0.39, 0.29) is 19.1 Å². The summed E-state index contributed by atoms with van der Waals surface area (Å²) in [6, 6.07) is 9.29. The summed E-state index contributed by atoms with van der Waals surface area (Å²) >= 11 is 0. The van der Waals surface area contributed by atoms with Crippen LogP contribution < -0.4 is 11.1 Å². The smallest absolute Gasteiger partial charge is 0.407 e. The zero-order chi connectivity index (χ0) is 13.9. The summed E-state index contributed by atoms with van der Waals surface area (Å²) in [7, 11) is 0. The van der Waals surface area contributed by atoms with E-state index in [0.717, 1.165) is 5.56 Å². The monoisotopic (exact) mass is 264 g/mol. The highest BCUT2D eigenvalue weighted by molar-refractivity contribution is 5.83. The Morgan fingerprint density at radius 2 is 2.11 bits per heavy atom. The molecule has 0 radical (unpaired) electrons. The van der Waals surface area contributed by atoms with Gasteiger partial charge in [-0.05, 0) is 12.0 Å². The number of benzene rings is 1. The largest absolute Gasteiger partial charge is 0.480 e. The van der Waals surface area contributed by atoms with Gasteiger partial charge in [-0.25, -0.2) is 4.79 Å². The first-order valence-corrected chi connectivity index (χ1v) is 5.99. The molecule has 6 heteroatoms. The van der Waals surface area contributed by atoms with Crippen LogP contribution in [0.1, 0.15) is 12.0 Å². The van der Waals surface area contributed by atoms with Crippen LogP contribution in [0.25, 0.3) is 0 Å². The number of carboxylic acids is 1. The number of hydrogen-bond acceptors (Lipinski definition) is 4. The molecule has 1 fully saturated rings. The number of carboxylic acid groups (broad SMARTS) is 1. The quantitative estimate of drug-likeness (QED) is 0.727. The van der Waals surface area contributed by atoms with Gasteiger partial charge in [-0.2, -0.15) is 0 Å². The molecule has 2 atom stereocenters. The highest BCUT2D eigenvalue weighted by Gasteiger charge is 2.57. The number of alkyl carbamates (subject to hydrolysis) is 1. The molecular weight excluding hydrogens is 248 g/mol. The van der Waals surface area contributed by atoms with E-state index in [2.05, 4.69) is 5.32 Å². The van der Waals surface area contributed by atoms with Gasteiger partial charge in [0.25, 0.3) is 0 Å². The summed E-state index contributed by atoms with van der Waals surface area (Å²) < 4.78 is 5.00. The second kappa shape index (κ2) is 5.27. The van der Waals surface area contributed by atoms with E-state index >= 15 is 0 Å². The van der Waals surface area contributed by atoms with E-state index in [1.165, 1.54) is 0 Å². The fourth-order valence-electron chi connectivity index (χ4n) is 1.85. The van der Waals surface area contributed by atoms with Crippen molar-refractivity contribution in [2.45, 2.75) is 18.6 Å². The maximum Gasteiger partial charge on any atom is 0.407 e. The summed E-state index contributed by atoms with van der Waals surface area (Å²) in [6.07, 6.45) is -0.190. The minimum atomic E-state index is -1.19. The van der Waals surface area contributed by atoms with Crippen molar-refractivity contribution < 1.29 is 19.4 Å². The lowest BCUT2D eigenvalue weighted by atomic mass is 10.2. The van der Waals surface area contributed by atoms with Crippen LogP contribution in [0.4, 0.5) is 4.79 Å². The van der Waals surface area contributed by atoms with Gasteiger partial charge < -0.3 is 20.9 Å². The SMILES string of the molecule is N[C@]1(C(=O)O)C[C@@H]1CNC(=O)OCc1ccccc1. The van der Waals surface area contributed by atoms with Crippen molar-refractivity contribution in [2.75, 3.05) is 6.54 Å². The number of carbonyl (C=O) groups excluding carboxylic acids is 1. The molecule has 1 aromatic rings. The Kier molecular flexibility index (Phi) is 3.71. The summed E-state index contributed by atoms with van der Waals surface area (Å²) in [5.41, 5.74) is 5.30. The Hall–Kier alpha value is -2.08. The van der Waals surface area contributed by atoms with Crippen LogP contribution in [-0.2, 0) is 16.1 Å². The number of aliphatic carboxylic acids is 1. The number of carbonyl (C=O) groups is 2. The summed E-state index contributed by atoms with van der Waals surface area (Å²) in [6.45, 7) is 0.403. The molecular formula is C13H16N2O4. The molecule has 0 unspecified atom stereocenters. The molecule has 0 spiro atoms. The van der Waals surface area contributed by atoms with Crippen molar-refractivity contribution in [1.29, 1.82) is 0 Å². The van der Waals surface area contributed by atoms with Crippen molar-refractivity contribution in [2.24, 2.45) is 11.7 Å². The first kappa shape index (κ1) is 13.4. The topological polar surface area (TPSA) is 102 Å². The van der Waals surface area contributed by atoms with E-state index in [9.17, 15) is 9.59 Å². The predicted molar refractivity (Wildman–Crippen MR) is 67.3 cm³/mol. The third-order valence-electron chi connectivity index (χ3n) is 3.26. The fraction of sp³-hybridized carbons (Fsp3) is 0.385. The molecule has 0 saturated heterocycles. The van der Waals surface area contributed by atoms with Crippen LogP contribution in [0.2, 0.25) is 0 Å². The van der Waals surface area contributed by atoms with Crippen LogP contribution in [-0.4, -0.2) is 29.3 Å². The minimum Gasteiger partial charge on any atom is -0.480 e. The summed E-state index contributed by atoms with van der Waals surface area (Å²) in [5, 5.41) is 11.4. The normalized spacial score (nSPS) is 24.6. The number of nitrogens with one attached hydrogen (secondary N) is 1. The molecule has 1 aromatic carbocycles. The van der Waals surface area contributed by atoms with E-state index in [4.69, 9.17) is 15.6 Å². The average molecular weight is 264 g/mol. The van der Waals surface area contributed by atoms with Gasteiger partial charge in [0.05, 0.1) is 0 Å². The molecule has 1 amide bonds. The molecule has 19 heavy (non-hydrogen) atoms. The number of amides is 1. The molecule has 0 bridgehead atoms. The number of hydrogen-bond donors (Lipinski definition) is 3. The Labute approximate surface area is 110 Å². The predicted octanol–water partition coefficient (Wildman–Crippen LogP) is 0.715. The molecule has 1 aliphatic carbocycles. The van der Waals surface area contributed by atoms with Crippen LogP contribution in [0.5, 0.6) is 0 Å². The van der Waals surface area contributed by atoms with Gasteiger partial charge in [0, 0.05) is 12.5 Å².